The molecular weight excluding hydrogens is 262 g/mol. The molecular formula is C18H17NO2. The van der Waals surface area contributed by atoms with Crippen molar-refractivity contribution in [1.82, 2.24) is 4.90 Å². The molecule has 1 N–H and O–H groups in total. The minimum absolute atomic E-state index is 0.297. The van der Waals surface area contributed by atoms with Crippen LogP contribution in [0.1, 0.15) is 22.6 Å². The lowest BCUT2D eigenvalue weighted by Gasteiger charge is -2.29. The first-order chi connectivity index (χ1) is 10.2. The van der Waals surface area contributed by atoms with Gasteiger partial charge in [-0.25, -0.2) is 0 Å². The van der Waals surface area contributed by atoms with Gasteiger partial charge in [0.05, 0.1) is 0 Å². The highest BCUT2D eigenvalue weighted by atomic mass is 16.3. The van der Waals surface area contributed by atoms with Gasteiger partial charge in [-0.1, -0.05) is 54.6 Å². The van der Waals surface area contributed by atoms with E-state index < -0.39 is 6.10 Å². The lowest BCUT2D eigenvalue weighted by molar-refractivity contribution is -0.137. The summed E-state index contributed by atoms with van der Waals surface area (Å²) in [6.07, 6.45) is 2.52. The molecule has 21 heavy (non-hydrogen) atoms. The van der Waals surface area contributed by atoms with Crippen LogP contribution in [-0.4, -0.2) is 29.1 Å². The van der Waals surface area contributed by atoms with E-state index in [4.69, 9.17) is 0 Å². The number of benzene rings is 2. The molecule has 0 aromatic heterocycles. The third-order valence-corrected chi connectivity index (χ3v) is 3.88. The zero-order chi connectivity index (χ0) is 14.8. The summed E-state index contributed by atoms with van der Waals surface area (Å²) in [4.78, 5) is 13.8. The maximum absolute atomic E-state index is 12.3. The van der Waals surface area contributed by atoms with Crippen molar-refractivity contribution in [3.63, 3.8) is 0 Å². The minimum atomic E-state index is -1.09. The van der Waals surface area contributed by atoms with Crippen LogP contribution in [0.15, 0.2) is 60.8 Å². The summed E-state index contributed by atoms with van der Waals surface area (Å²) < 4.78 is 0. The highest BCUT2D eigenvalue weighted by Crippen LogP contribution is 2.33. The Balaban J connectivity index is 2.20. The fraction of sp³-hybridized carbons (Fsp3) is 0.167. The van der Waals surface area contributed by atoms with E-state index in [0.717, 1.165) is 16.7 Å². The van der Waals surface area contributed by atoms with E-state index in [-0.39, 0.29) is 11.8 Å². The average molecular weight is 279 g/mol. The predicted octanol–water partition coefficient (Wildman–Crippen LogP) is 2.62. The Morgan fingerprint density at radius 2 is 1.67 bits per heavy atom. The zero-order valence-electron chi connectivity index (χ0n) is 11.8. The van der Waals surface area contributed by atoms with Gasteiger partial charge in [0, 0.05) is 19.2 Å². The first kappa shape index (κ1) is 13.6. The molecule has 2 aromatic rings. The van der Waals surface area contributed by atoms with E-state index in [1.165, 1.54) is 4.90 Å². The number of hydrogen-bond donors (Lipinski definition) is 1. The molecule has 2 unspecified atom stereocenters. The molecule has 0 bridgehead atoms. The van der Waals surface area contributed by atoms with Crippen LogP contribution in [0.2, 0.25) is 0 Å². The number of rotatable bonds is 1. The number of amides is 1. The van der Waals surface area contributed by atoms with Gasteiger partial charge < -0.3 is 10.0 Å². The second-order valence-electron chi connectivity index (χ2n) is 5.23. The average Bonchev–Trinajstić information content (AvgIpc) is 2.53. The monoisotopic (exact) mass is 279 g/mol. The van der Waals surface area contributed by atoms with E-state index in [9.17, 15) is 9.90 Å². The second kappa shape index (κ2) is 5.54. The van der Waals surface area contributed by atoms with Crippen molar-refractivity contribution in [2.45, 2.75) is 12.0 Å². The van der Waals surface area contributed by atoms with E-state index >= 15 is 0 Å². The van der Waals surface area contributed by atoms with Gasteiger partial charge in [0.25, 0.3) is 5.91 Å². The van der Waals surface area contributed by atoms with Crippen LogP contribution in [0, 0.1) is 0 Å². The number of carbonyl (C=O) groups excluding carboxylic acids is 1. The maximum Gasteiger partial charge on any atom is 0.256 e. The molecule has 0 spiro atoms. The molecule has 0 saturated heterocycles. The van der Waals surface area contributed by atoms with Crippen molar-refractivity contribution < 1.29 is 9.90 Å². The van der Waals surface area contributed by atoms with Gasteiger partial charge in [-0.2, -0.15) is 0 Å². The van der Waals surface area contributed by atoms with Crippen molar-refractivity contribution in [1.29, 1.82) is 0 Å². The molecule has 0 radical (unpaired) electrons. The summed E-state index contributed by atoms with van der Waals surface area (Å²) >= 11 is 0. The Morgan fingerprint density at radius 3 is 2.43 bits per heavy atom. The lowest BCUT2D eigenvalue weighted by Crippen LogP contribution is -2.38. The van der Waals surface area contributed by atoms with E-state index in [2.05, 4.69) is 0 Å². The van der Waals surface area contributed by atoms with Gasteiger partial charge in [-0.15, -0.1) is 0 Å². The van der Waals surface area contributed by atoms with Gasteiger partial charge in [-0.05, 0) is 22.8 Å². The Kier molecular flexibility index (Phi) is 3.59. The van der Waals surface area contributed by atoms with E-state index in [0.29, 0.717) is 0 Å². The summed E-state index contributed by atoms with van der Waals surface area (Å²) in [5.41, 5.74) is 2.92. The van der Waals surface area contributed by atoms with Crippen molar-refractivity contribution in [3.8, 4) is 0 Å². The van der Waals surface area contributed by atoms with Gasteiger partial charge in [0.15, 0.2) is 0 Å². The molecule has 3 rings (SSSR count). The number of fused-ring (bicyclic) bond motifs is 1. The molecule has 0 fully saturated rings. The Bertz CT molecular complexity index is 679. The lowest BCUT2D eigenvalue weighted by atomic mass is 9.83. The number of carbonyl (C=O) groups is 1. The summed E-state index contributed by atoms with van der Waals surface area (Å²) in [6.45, 7) is 0. The molecule has 0 saturated carbocycles. The van der Waals surface area contributed by atoms with Gasteiger partial charge in [0.2, 0.25) is 0 Å². The second-order valence-corrected chi connectivity index (χ2v) is 5.23. The summed E-state index contributed by atoms with van der Waals surface area (Å²) in [5, 5.41) is 10.6. The van der Waals surface area contributed by atoms with Crippen molar-refractivity contribution in [2.24, 2.45) is 0 Å². The van der Waals surface area contributed by atoms with Crippen molar-refractivity contribution in [3.05, 3.63) is 77.5 Å². The normalized spacial score (nSPS) is 23.1. The topological polar surface area (TPSA) is 40.5 Å². The number of likely N-dealkylation sites (N-methyl/N-ethyl adjacent to an activating group) is 1. The SMILES string of the molecule is CN1/C=C\c2ccccc2C(c2ccccc2)C(O)C1=O. The van der Waals surface area contributed by atoms with Crippen molar-refractivity contribution >= 4 is 12.0 Å². The third-order valence-electron chi connectivity index (χ3n) is 3.88. The molecule has 3 nitrogen and oxygen atoms in total. The number of aliphatic hydroxyl groups excluding tert-OH is 1. The van der Waals surface area contributed by atoms with Gasteiger partial charge in [0.1, 0.15) is 6.10 Å². The first-order valence-electron chi connectivity index (χ1n) is 6.95. The maximum atomic E-state index is 12.3. The quantitative estimate of drug-likeness (QED) is 0.871. The molecule has 2 atom stereocenters. The molecule has 3 heteroatoms. The first-order valence-corrected chi connectivity index (χ1v) is 6.95. The number of aliphatic hydroxyl groups is 1. The Hall–Kier alpha value is -2.39. The zero-order valence-corrected chi connectivity index (χ0v) is 11.8. The number of hydrogen-bond acceptors (Lipinski definition) is 2. The van der Waals surface area contributed by atoms with Crippen LogP contribution in [0.5, 0.6) is 0 Å². The smallest absolute Gasteiger partial charge is 0.256 e. The van der Waals surface area contributed by atoms with Crippen LogP contribution in [0.4, 0.5) is 0 Å². The molecule has 1 aliphatic rings. The fourth-order valence-corrected chi connectivity index (χ4v) is 2.75. The standard InChI is InChI=1S/C18H17NO2/c1-19-12-11-13-7-5-6-10-15(13)16(17(20)18(19)21)14-8-3-2-4-9-14/h2-12,16-17,20H,1H3/b12-11-. The summed E-state index contributed by atoms with van der Waals surface area (Å²) in [6, 6.07) is 17.5. The van der Waals surface area contributed by atoms with Gasteiger partial charge >= 0.3 is 0 Å². The largest absolute Gasteiger partial charge is 0.382 e. The molecule has 106 valence electrons. The summed E-state index contributed by atoms with van der Waals surface area (Å²) in [5.74, 6) is -0.656. The van der Waals surface area contributed by atoms with Crippen molar-refractivity contribution in [2.75, 3.05) is 7.05 Å². The third kappa shape index (κ3) is 2.48. The number of nitrogens with zero attached hydrogens (tertiary/aromatic N) is 1. The summed E-state index contributed by atoms with van der Waals surface area (Å²) in [7, 11) is 1.66. The van der Waals surface area contributed by atoms with E-state index in [1.54, 1.807) is 13.2 Å². The van der Waals surface area contributed by atoms with Crippen LogP contribution in [-0.2, 0) is 4.79 Å². The Labute approximate surface area is 124 Å². The van der Waals surface area contributed by atoms with Crippen LogP contribution in [0.25, 0.3) is 6.08 Å². The van der Waals surface area contributed by atoms with Crippen LogP contribution < -0.4 is 0 Å². The highest BCUT2D eigenvalue weighted by molar-refractivity contribution is 5.85. The predicted molar refractivity (Wildman–Crippen MR) is 82.5 cm³/mol. The molecule has 1 heterocycles. The Morgan fingerprint density at radius 1 is 1.00 bits per heavy atom. The molecule has 1 aliphatic heterocycles. The van der Waals surface area contributed by atoms with Gasteiger partial charge in [-0.3, -0.25) is 4.79 Å². The molecule has 0 aliphatic carbocycles. The van der Waals surface area contributed by atoms with E-state index in [1.807, 2.05) is 60.7 Å². The highest BCUT2D eigenvalue weighted by Gasteiger charge is 2.32. The fourth-order valence-electron chi connectivity index (χ4n) is 2.75. The minimum Gasteiger partial charge on any atom is -0.382 e. The molecule has 1 amide bonds. The van der Waals surface area contributed by atoms with Crippen LogP contribution >= 0.6 is 0 Å². The van der Waals surface area contributed by atoms with Crippen LogP contribution in [0.3, 0.4) is 0 Å². The molecule has 2 aromatic carbocycles.